The van der Waals surface area contributed by atoms with Crippen molar-refractivity contribution in [2.24, 2.45) is 0 Å². The second kappa shape index (κ2) is 7.66. The summed E-state index contributed by atoms with van der Waals surface area (Å²) in [6, 6.07) is 10.4. The first-order valence-electron chi connectivity index (χ1n) is 6.03. The molecule has 0 aliphatic rings. The summed E-state index contributed by atoms with van der Waals surface area (Å²) in [6.45, 7) is -0.344. The number of ether oxygens (including phenoxy) is 1. The molecule has 7 heteroatoms. The van der Waals surface area contributed by atoms with Gasteiger partial charge in [0.05, 0.1) is 11.4 Å². The molecule has 1 heterocycles. The molecule has 2 aromatic rings. The fourth-order valence-electron chi connectivity index (χ4n) is 1.45. The first-order valence-corrected chi connectivity index (χ1v) is 7.29. The van der Waals surface area contributed by atoms with Crippen LogP contribution in [0.4, 0.5) is 0 Å². The highest BCUT2D eigenvalue weighted by molar-refractivity contribution is 7.10. The maximum absolute atomic E-state index is 11.5. The Hall–Kier alpha value is -2.05. The summed E-state index contributed by atoms with van der Waals surface area (Å²) in [4.78, 5) is 28.4. The first kappa shape index (κ1) is 15.3. The first-order chi connectivity index (χ1) is 10.1. The van der Waals surface area contributed by atoms with E-state index in [1.54, 1.807) is 24.3 Å². The summed E-state index contributed by atoms with van der Waals surface area (Å²) < 4.78 is 5.18. The molecule has 1 aromatic heterocycles. The summed E-state index contributed by atoms with van der Waals surface area (Å²) in [5.41, 5.74) is 2.08. The van der Waals surface area contributed by atoms with Crippen LogP contribution in [0, 0.1) is 0 Å². The Labute approximate surface area is 130 Å². The molecule has 0 saturated heterocycles. The van der Waals surface area contributed by atoms with E-state index in [9.17, 15) is 9.59 Å². The lowest BCUT2D eigenvalue weighted by molar-refractivity contribution is -0.159. The van der Waals surface area contributed by atoms with Gasteiger partial charge in [-0.15, -0.1) is 11.3 Å². The van der Waals surface area contributed by atoms with Crippen molar-refractivity contribution in [2.45, 2.75) is 6.42 Å². The standard InChI is InChI=1S/C14H12ClNO4S/c15-11-5-1-2-6-12(11)19-9-14(18)20-16-13(17)8-10-4-3-7-21-10/h1-7H,8-9H2,(H,16,17). The third-order valence-corrected chi connectivity index (χ3v) is 3.56. The number of hydroxylamine groups is 1. The Morgan fingerprint density at radius 3 is 2.71 bits per heavy atom. The maximum atomic E-state index is 11.5. The highest BCUT2D eigenvalue weighted by Crippen LogP contribution is 2.22. The summed E-state index contributed by atoms with van der Waals surface area (Å²) in [6.07, 6.45) is 0.163. The summed E-state index contributed by atoms with van der Waals surface area (Å²) in [5, 5.41) is 2.26. The number of benzene rings is 1. The molecule has 1 amide bonds. The lowest BCUT2D eigenvalue weighted by atomic mass is 10.3. The van der Waals surface area contributed by atoms with Crippen LogP contribution in [0.2, 0.25) is 5.02 Å². The van der Waals surface area contributed by atoms with E-state index in [0.29, 0.717) is 10.8 Å². The van der Waals surface area contributed by atoms with Crippen molar-refractivity contribution in [3.63, 3.8) is 0 Å². The number of carbonyl (C=O) groups is 2. The van der Waals surface area contributed by atoms with Crippen molar-refractivity contribution in [3.8, 4) is 5.75 Å². The van der Waals surface area contributed by atoms with Gasteiger partial charge in [-0.05, 0) is 23.6 Å². The largest absolute Gasteiger partial charge is 0.480 e. The average molecular weight is 326 g/mol. The van der Waals surface area contributed by atoms with Crippen molar-refractivity contribution in [1.29, 1.82) is 0 Å². The molecular formula is C14H12ClNO4S. The molecular weight excluding hydrogens is 314 g/mol. The molecule has 2 rings (SSSR count). The average Bonchev–Trinajstić information content (AvgIpc) is 2.97. The molecule has 0 bridgehead atoms. The summed E-state index contributed by atoms with van der Waals surface area (Å²) in [7, 11) is 0. The molecule has 21 heavy (non-hydrogen) atoms. The molecule has 0 unspecified atom stereocenters. The van der Waals surface area contributed by atoms with Crippen molar-refractivity contribution in [3.05, 3.63) is 51.7 Å². The van der Waals surface area contributed by atoms with E-state index < -0.39 is 11.9 Å². The van der Waals surface area contributed by atoms with Gasteiger partial charge in [-0.3, -0.25) is 4.79 Å². The molecule has 5 nitrogen and oxygen atoms in total. The van der Waals surface area contributed by atoms with Crippen molar-refractivity contribution < 1.29 is 19.2 Å². The van der Waals surface area contributed by atoms with Gasteiger partial charge >= 0.3 is 5.97 Å². The minimum absolute atomic E-state index is 0.163. The quantitative estimate of drug-likeness (QED) is 0.858. The van der Waals surface area contributed by atoms with Crippen LogP contribution < -0.4 is 10.2 Å². The van der Waals surface area contributed by atoms with Crippen molar-refractivity contribution in [1.82, 2.24) is 5.48 Å². The lowest BCUT2D eigenvalue weighted by Crippen LogP contribution is -2.30. The van der Waals surface area contributed by atoms with Crippen LogP contribution in [-0.4, -0.2) is 18.5 Å². The number of halogens is 1. The van der Waals surface area contributed by atoms with E-state index in [1.807, 2.05) is 17.5 Å². The number of hydrogen-bond donors (Lipinski definition) is 1. The zero-order valence-corrected chi connectivity index (χ0v) is 12.4. The van der Waals surface area contributed by atoms with Gasteiger partial charge in [0.25, 0.3) is 5.91 Å². The SMILES string of the molecule is O=C(Cc1cccs1)NOC(=O)COc1ccccc1Cl. The topological polar surface area (TPSA) is 64.6 Å². The van der Waals surface area contributed by atoms with E-state index in [-0.39, 0.29) is 13.0 Å². The van der Waals surface area contributed by atoms with Gasteiger partial charge in [0.1, 0.15) is 5.75 Å². The van der Waals surface area contributed by atoms with Crippen LogP contribution in [0.25, 0.3) is 0 Å². The van der Waals surface area contributed by atoms with Gasteiger partial charge in [-0.25, -0.2) is 4.79 Å². The van der Waals surface area contributed by atoms with Crippen LogP contribution in [0.5, 0.6) is 5.75 Å². The lowest BCUT2D eigenvalue weighted by Gasteiger charge is -2.08. The second-order valence-electron chi connectivity index (χ2n) is 3.97. The fraction of sp³-hybridized carbons (Fsp3) is 0.143. The van der Waals surface area contributed by atoms with E-state index in [1.165, 1.54) is 11.3 Å². The predicted octanol–water partition coefficient (Wildman–Crippen LogP) is 2.60. The smallest absolute Gasteiger partial charge is 0.369 e. The molecule has 0 fully saturated rings. The molecule has 0 spiro atoms. The highest BCUT2D eigenvalue weighted by Gasteiger charge is 2.10. The number of para-hydroxylation sites is 1. The molecule has 0 radical (unpaired) electrons. The Bertz CT molecular complexity index is 615. The minimum atomic E-state index is -0.713. The molecule has 0 saturated carbocycles. The number of rotatable bonds is 5. The minimum Gasteiger partial charge on any atom is -0.480 e. The van der Waals surface area contributed by atoms with E-state index in [2.05, 4.69) is 10.3 Å². The number of hydrogen-bond acceptors (Lipinski definition) is 5. The summed E-state index contributed by atoms with van der Waals surface area (Å²) >= 11 is 7.32. The zero-order chi connectivity index (χ0) is 15.1. The third kappa shape index (κ3) is 5.09. The van der Waals surface area contributed by atoms with Crippen LogP contribution in [0.3, 0.4) is 0 Å². The third-order valence-electron chi connectivity index (χ3n) is 2.38. The predicted molar refractivity (Wildman–Crippen MR) is 79.2 cm³/mol. The molecule has 1 N–H and O–H groups in total. The maximum Gasteiger partial charge on any atom is 0.369 e. The monoisotopic (exact) mass is 325 g/mol. The molecule has 0 atom stereocenters. The number of carbonyl (C=O) groups excluding carboxylic acids is 2. The zero-order valence-electron chi connectivity index (χ0n) is 10.9. The summed E-state index contributed by atoms with van der Waals surface area (Å²) in [5.74, 6) is -0.737. The molecule has 0 aliphatic carbocycles. The van der Waals surface area contributed by atoms with Crippen LogP contribution in [0.1, 0.15) is 4.88 Å². The van der Waals surface area contributed by atoms with Gasteiger partial charge in [0, 0.05) is 4.88 Å². The Morgan fingerprint density at radius 1 is 1.19 bits per heavy atom. The van der Waals surface area contributed by atoms with Crippen LogP contribution in [0.15, 0.2) is 41.8 Å². The normalized spacial score (nSPS) is 9.95. The van der Waals surface area contributed by atoms with Crippen molar-refractivity contribution in [2.75, 3.05) is 6.61 Å². The Kier molecular flexibility index (Phi) is 5.59. The molecule has 1 aromatic carbocycles. The Balaban J connectivity index is 1.70. The number of nitrogens with one attached hydrogen (secondary N) is 1. The van der Waals surface area contributed by atoms with Gasteiger partial charge in [-0.2, -0.15) is 5.48 Å². The molecule has 0 aliphatic heterocycles. The second-order valence-corrected chi connectivity index (χ2v) is 5.41. The van der Waals surface area contributed by atoms with E-state index in [4.69, 9.17) is 16.3 Å². The number of thiophene rings is 1. The van der Waals surface area contributed by atoms with Gasteiger partial charge in [0.15, 0.2) is 6.61 Å². The van der Waals surface area contributed by atoms with Crippen LogP contribution in [-0.2, 0) is 20.8 Å². The molecule has 110 valence electrons. The van der Waals surface area contributed by atoms with Crippen molar-refractivity contribution >= 4 is 34.8 Å². The van der Waals surface area contributed by atoms with Gasteiger partial charge < -0.3 is 9.57 Å². The highest BCUT2D eigenvalue weighted by atomic mass is 35.5. The van der Waals surface area contributed by atoms with Gasteiger partial charge in [0.2, 0.25) is 0 Å². The Morgan fingerprint density at radius 2 is 2.00 bits per heavy atom. The van der Waals surface area contributed by atoms with E-state index in [0.717, 1.165) is 4.88 Å². The van der Waals surface area contributed by atoms with Gasteiger partial charge in [-0.1, -0.05) is 29.8 Å². The van der Waals surface area contributed by atoms with Crippen LogP contribution >= 0.6 is 22.9 Å². The van der Waals surface area contributed by atoms with E-state index >= 15 is 0 Å². The number of amides is 1. The fourth-order valence-corrected chi connectivity index (χ4v) is 2.34.